The minimum Gasteiger partial charge on any atom is -0.366 e. The lowest BCUT2D eigenvalue weighted by atomic mass is 10.1. The van der Waals surface area contributed by atoms with Crippen molar-refractivity contribution in [1.82, 2.24) is 15.8 Å². The maximum absolute atomic E-state index is 13.8. The highest BCUT2D eigenvalue weighted by Crippen LogP contribution is 2.20. The van der Waals surface area contributed by atoms with Gasteiger partial charge in [0.05, 0.1) is 5.69 Å². The number of hydrogen-bond acceptors (Lipinski definition) is 4. The second kappa shape index (κ2) is 5.99. The van der Waals surface area contributed by atoms with E-state index in [4.69, 9.17) is 0 Å². The van der Waals surface area contributed by atoms with Crippen LogP contribution in [0.3, 0.4) is 0 Å². The third-order valence-corrected chi connectivity index (χ3v) is 4.18. The summed E-state index contributed by atoms with van der Waals surface area (Å²) in [5, 5.41) is 0. The van der Waals surface area contributed by atoms with Gasteiger partial charge in [-0.05, 0) is 25.5 Å². The van der Waals surface area contributed by atoms with Gasteiger partial charge in [0.25, 0.3) is 0 Å². The van der Waals surface area contributed by atoms with Crippen LogP contribution < -0.4 is 15.8 Å². The van der Waals surface area contributed by atoms with Gasteiger partial charge >= 0.3 is 0 Å². The van der Waals surface area contributed by atoms with Crippen molar-refractivity contribution < 1.29 is 9.18 Å². The molecular weight excluding hydrogens is 271 g/mol. The van der Waals surface area contributed by atoms with E-state index in [-0.39, 0.29) is 17.8 Å². The highest BCUT2D eigenvalue weighted by atomic mass is 19.1. The molecular formula is C15H21FN4O. The smallest absolute Gasteiger partial charge is 0.241 e. The third-order valence-electron chi connectivity index (χ3n) is 4.18. The van der Waals surface area contributed by atoms with Crippen LogP contribution in [0.15, 0.2) is 24.3 Å². The average molecular weight is 292 g/mol. The first kappa shape index (κ1) is 14.3. The van der Waals surface area contributed by atoms with Crippen molar-refractivity contribution in [2.45, 2.75) is 25.4 Å². The van der Waals surface area contributed by atoms with E-state index in [2.05, 4.69) is 17.8 Å². The van der Waals surface area contributed by atoms with Gasteiger partial charge in [-0.2, -0.15) is 0 Å². The number of para-hydroxylation sites is 1. The van der Waals surface area contributed by atoms with E-state index < -0.39 is 0 Å². The molecule has 2 aliphatic heterocycles. The Morgan fingerprint density at radius 2 is 1.90 bits per heavy atom. The number of hydrazine groups is 1. The molecule has 2 aliphatic rings. The Labute approximate surface area is 124 Å². The van der Waals surface area contributed by atoms with Crippen molar-refractivity contribution in [2.24, 2.45) is 0 Å². The predicted molar refractivity (Wildman–Crippen MR) is 79.3 cm³/mol. The monoisotopic (exact) mass is 292 g/mol. The lowest BCUT2D eigenvalue weighted by molar-refractivity contribution is -0.133. The summed E-state index contributed by atoms with van der Waals surface area (Å²) in [6.07, 6.45) is 0.812. The summed E-state index contributed by atoms with van der Waals surface area (Å²) in [6.45, 7) is 4.67. The number of benzene rings is 1. The number of hydrogen-bond donors (Lipinski definition) is 2. The van der Waals surface area contributed by atoms with Crippen LogP contribution in [0.5, 0.6) is 0 Å². The number of carbonyl (C=O) groups is 1. The Bertz CT molecular complexity index is 516. The Balaban J connectivity index is 1.58. The van der Waals surface area contributed by atoms with Crippen LogP contribution >= 0.6 is 0 Å². The normalized spacial score (nSPS) is 26.2. The molecule has 0 radical (unpaired) electrons. The van der Waals surface area contributed by atoms with Crippen LogP contribution in [-0.2, 0) is 4.79 Å². The van der Waals surface area contributed by atoms with Crippen LogP contribution in [0.4, 0.5) is 10.1 Å². The van der Waals surface area contributed by atoms with Gasteiger partial charge in [-0.3, -0.25) is 10.2 Å². The molecule has 3 rings (SSSR count). The summed E-state index contributed by atoms with van der Waals surface area (Å²) < 4.78 is 13.8. The summed E-state index contributed by atoms with van der Waals surface area (Å²) in [5.74, 6) is -0.0622. The fourth-order valence-electron chi connectivity index (χ4n) is 2.97. The Kier molecular flexibility index (Phi) is 4.07. The van der Waals surface area contributed by atoms with Crippen LogP contribution in [0.2, 0.25) is 0 Å². The van der Waals surface area contributed by atoms with Crippen LogP contribution in [0, 0.1) is 5.82 Å². The molecule has 0 saturated carbocycles. The first-order valence-corrected chi connectivity index (χ1v) is 7.44. The summed E-state index contributed by atoms with van der Waals surface area (Å²) in [4.78, 5) is 16.3. The van der Waals surface area contributed by atoms with Gasteiger partial charge in [-0.15, -0.1) is 0 Å². The molecule has 2 unspecified atom stereocenters. The van der Waals surface area contributed by atoms with E-state index in [0.717, 1.165) is 6.42 Å². The highest BCUT2D eigenvalue weighted by Gasteiger charge is 2.32. The lowest BCUT2D eigenvalue weighted by Crippen LogP contribution is -2.53. The molecule has 1 aromatic carbocycles. The summed E-state index contributed by atoms with van der Waals surface area (Å²) in [6, 6.07) is 6.97. The van der Waals surface area contributed by atoms with Gasteiger partial charge in [0.15, 0.2) is 0 Å². The zero-order valence-electron chi connectivity index (χ0n) is 12.2. The number of rotatable bonds is 2. The Hall–Kier alpha value is -1.66. The molecule has 2 heterocycles. The second-order valence-corrected chi connectivity index (χ2v) is 5.74. The third kappa shape index (κ3) is 3.01. The topological polar surface area (TPSA) is 47.6 Å². The van der Waals surface area contributed by atoms with E-state index in [0.29, 0.717) is 37.9 Å². The highest BCUT2D eigenvalue weighted by molar-refractivity contribution is 5.82. The molecule has 21 heavy (non-hydrogen) atoms. The molecule has 0 bridgehead atoms. The van der Waals surface area contributed by atoms with Gasteiger partial charge in [0, 0.05) is 32.2 Å². The fourth-order valence-corrected chi connectivity index (χ4v) is 2.97. The van der Waals surface area contributed by atoms with E-state index in [1.54, 1.807) is 12.1 Å². The van der Waals surface area contributed by atoms with E-state index in [9.17, 15) is 9.18 Å². The van der Waals surface area contributed by atoms with E-state index >= 15 is 0 Å². The predicted octanol–water partition coefficient (Wildman–Crippen LogP) is 0.729. The van der Waals surface area contributed by atoms with Gasteiger partial charge in [0.2, 0.25) is 5.91 Å². The standard InChI is InChI=1S/C15H21FN4O/c1-11-10-13(18-17-11)15(21)20-8-6-19(7-9-20)14-5-3-2-4-12(14)16/h2-5,11,13,17-18H,6-10H2,1H3. The van der Waals surface area contributed by atoms with Crippen molar-refractivity contribution in [1.29, 1.82) is 0 Å². The molecule has 1 amide bonds. The van der Waals surface area contributed by atoms with Crippen molar-refractivity contribution in [3.63, 3.8) is 0 Å². The summed E-state index contributed by atoms with van der Waals surface area (Å²) in [5.41, 5.74) is 6.74. The van der Waals surface area contributed by atoms with Gasteiger partial charge in [-0.1, -0.05) is 12.1 Å². The zero-order valence-corrected chi connectivity index (χ0v) is 12.2. The molecule has 2 fully saturated rings. The molecule has 6 heteroatoms. The lowest BCUT2D eigenvalue weighted by Gasteiger charge is -2.37. The molecule has 5 nitrogen and oxygen atoms in total. The van der Waals surface area contributed by atoms with E-state index in [1.807, 2.05) is 15.9 Å². The number of carbonyl (C=O) groups excluding carboxylic acids is 1. The largest absolute Gasteiger partial charge is 0.366 e. The number of nitrogens with zero attached hydrogens (tertiary/aromatic N) is 2. The minimum atomic E-state index is -0.201. The maximum atomic E-state index is 13.8. The average Bonchev–Trinajstić information content (AvgIpc) is 2.94. The fraction of sp³-hybridized carbons (Fsp3) is 0.533. The second-order valence-electron chi connectivity index (χ2n) is 5.74. The summed E-state index contributed by atoms with van der Waals surface area (Å²) in [7, 11) is 0. The molecule has 1 aromatic rings. The first-order valence-electron chi connectivity index (χ1n) is 7.44. The zero-order chi connectivity index (χ0) is 14.8. The molecule has 2 atom stereocenters. The van der Waals surface area contributed by atoms with Crippen LogP contribution in [0.1, 0.15) is 13.3 Å². The quantitative estimate of drug-likeness (QED) is 0.844. The Morgan fingerprint density at radius 3 is 2.52 bits per heavy atom. The Morgan fingerprint density at radius 1 is 1.19 bits per heavy atom. The molecule has 0 spiro atoms. The van der Waals surface area contributed by atoms with Gasteiger partial charge in [-0.25, -0.2) is 9.82 Å². The SMILES string of the molecule is CC1CC(C(=O)N2CCN(c3ccccc3F)CC2)NN1. The maximum Gasteiger partial charge on any atom is 0.241 e. The summed E-state index contributed by atoms with van der Waals surface area (Å²) >= 11 is 0. The van der Waals surface area contributed by atoms with Crippen LogP contribution in [0.25, 0.3) is 0 Å². The first-order chi connectivity index (χ1) is 10.1. The van der Waals surface area contributed by atoms with Crippen molar-refractivity contribution >= 4 is 11.6 Å². The number of anilines is 1. The number of halogens is 1. The van der Waals surface area contributed by atoms with Crippen LogP contribution in [-0.4, -0.2) is 49.1 Å². The van der Waals surface area contributed by atoms with E-state index in [1.165, 1.54) is 6.07 Å². The molecule has 0 aliphatic carbocycles. The van der Waals surface area contributed by atoms with Crippen molar-refractivity contribution in [2.75, 3.05) is 31.1 Å². The number of nitrogens with one attached hydrogen (secondary N) is 2. The molecule has 2 saturated heterocycles. The number of piperazine rings is 1. The molecule has 2 N–H and O–H groups in total. The van der Waals surface area contributed by atoms with Gasteiger partial charge in [0.1, 0.15) is 11.9 Å². The van der Waals surface area contributed by atoms with Gasteiger partial charge < -0.3 is 9.80 Å². The molecule has 114 valence electrons. The number of amides is 1. The molecule has 0 aromatic heterocycles. The van der Waals surface area contributed by atoms with Crippen molar-refractivity contribution in [3.8, 4) is 0 Å². The minimum absolute atomic E-state index is 0.139. The van der Waals surface area contributed by atoms with Crippen molar-refractivity contribution in [3.05, 3.63) is 30.1 Å².